The zero-order valence-corrected chi connectivity index (χ0v) is 9.34. The maximum atomic E-state index is 11.6. The molecule has 14 heavy (non-hydrogen) atoms. The molecule has 1 N–H and O–H groups in total. The highest BCUT2D eigenvalue weighted by Crippen LogP contribution is 2.08. The first-order valence-corrected chi connectivity index (χ1v) is 5.18. The second-order valence-corrected chi connectivity index (χ2v) is 3.85. The molecule has 0 aliphatic carbocycles. The van der Waals surface area contributed by atoms with E-state index < -0.39 is 0 Å². The third-order valence-electron chi connectivity index (χ3n) is 2.10. The molecule has 1 amide bonds. The van der Waals surface area contributed by atoms with Gasteiger partial charge in [-0.1, -0.05) is 13.0 Å². The Morgan fingerprint density at radius 2 is 2.29 bits per heavy atom. The van der Waals surface area contributed by atoms with Crippen molar-refractivity contribution in [1.82, 2.24) is 5.32 Å². The van der Waals surface area contributed by atoms with Gasteiger partial charge < -0.3 is 5.32 Å². The van der Waals surface area contributed by atoms with Gasteiger partial charge in [0.25, 0.3) is 5.91 Å². The van der Waals surface area contributed by atoms with Gasteiger partial charge in [0.15, 0.2) is 0 Å². The van der Waals surface area contributed by atoms with Gasteiger partial charge in [-0.25, -0.2) is 0 Å². The summed E-state index contributed by atoms with van der Waals surface area (Å²) >= 11 is 4.18. The lowest BCUT2D eigenvalue weighted by molar-refractivity contribution is 0.0939. The predicted octanol–water partition coefficient (Wildman–Crippen LogP) is 2.50. The monoisotopic (exact) mass is 209 g/mol. The Hall–Kier alpha value is -0.960. The molecule has 1 unspecified atom stereocenters. The molecule has 0 radical (unpaired) electrons. The molecule has 0 saturated heterocycles. The Bertz CT molecular complexity index is 325. The molecule has 0 saturated carbocycles. The van der Waals surface area contributed by atoms with Crippen LogP contribution < -0.4 is 5.32 Å². The van der Waals surface area contributed by atoms with Crippen molar-refractivity contribution >= 4 is 18.5 Å². The fourth-order valence-electron chi connectivity index (χ4n) is 1.06. The zero-order valence-electron chi connectivity index (χ0n) is 8.45. The Balaban J connectivity index is 2.70. The van der Waals surface area contributed by atoms with E-state index >= 15 is 0 Å². The van der Waals surface area contributed by atoms with Gasteiger partial charge in [-0.05, 0) is 31.5 Å². The minimum atomic E-state index is -0.0322. The van der Waals surface area contributed by atoms with E-state index in [1.54, 1.807) is 12.1 Å². The van der Waals surface area contributed by atoms with Crippen LogP contribution in [-0.2, 0) is 0 Å². The molecule has 1 atom stereocenters. The minimum absolute atomic E-state index is 0.0322. The first kappa shape index (κ1) is 11.1. The molecule has 1 aromatic rings. The Morgan fingerprint density at radius 3 is 2.86 bits per heavy atom. The number of amides is 1. The summed E-state index contributed by atoms with van der Waals surface area (Å²) in [5.74, 6) is -0.0322. The lowest BCUT2D eigenvalue weighted by atomic mass is 10.2. The van der Waals surface area contributed by atoms with E-state index in [4.69, 9.17) is 0 Å². The van der Waals surface area contributed by atoms with E-state index in [2.05, 4.69) is 17.9 Å². The van der Waals surface area contributed by atoms with E-state index in [1.165, 1.54) is 0 Å². The molecule has 0 spiro atoms. The number of hydrogen-bond donors (Lipinski definition) is 2. The summed E-state index contributed by atoms with van der Waals surface area (Å²) in [4.78, 5) is 12.4. The Morgan fingerprint density at radius 1 is 1.57 bits per heavy atom. The van der Waals surface area contributed by atoms with Crippen LogP contribution in [0.2, 0.25) is 0 Å². The molecular weight excluding hydrogens is 194 g/mol. The molecule has 1 aromatic carbocycles. The van der Waals surface area contributed by atoms with Gasteiger partial charge in [-0.3, -0.25) is 4.79 Å². The minimum Gasteiger partial charge on any atom is -0.350 e. The van der Waals surface area contributed by atoms with Gasteiger partial charge in [0.05, 0.1) is 0 Å². The van der Waals surface area contributed by atoms with Gasteiger partial charge in [0.1, 0.15) is 0 Å². The van der Waals surface area contributed by atoms with Gasteiger partial charge in [-0.2, -0.15) is 0 Å². The molecule has 0 aromatic heterocycles. The van der Waals surface area contributed by atoms with Crippen molar-refractivity contribution in [3.05, 3.63) is 29.8 Å². The molecular formula is C11H15NOS. The van der Waals surface area contributed by atoms with Crippen molar-refractivity contribution in [2.75, 3.05) is 0 Å². The second-order valence-electron chi connectivity index (χ2n) is 3.33. The van der Waals surface area contributed by atoms with Crippen molar-refractivity contribution in [3.63, 3.8) is 0 Å². The number of carbonyl (C=O) groups excluding carboxylic acids is 1. The number of thiol groups is 1. The van der Waals surface area contributed by atoms with Crippen LogP contribution in [0.4, 0.5) is 0 Å². The first-order chi connectivity index (χ1) is 6.63. The lowest BCUT2D eigenvalue weighted by Crippen LogP contribution is -2.31. The zero-order chi connectivity index (χ0) is 10.6. The topological polar surface area (TPSA) is 29.1 Å². The number of hydrogen-bond acceptors (Lipinski definition) is 2. The fraction of sp³-hybridized carbons (Fsp3) is 0.364. The summed E-state index contributed by atoms with van der Waals surface area (Å²) in [6, 6.07) is 7.45. The summed E-state index contributed by atoms with van der Waals surface area (Å²) < 4.78 is 0. The number of nitrogens with one attached hydrogen (secondary N) is 1. The summed E-state index contributed by atoms with van der Waals surface area (Å²) in [5.41, 5.74) is 0.665. The van der Waals surface area contributed by atoms with E-state index in [-0.39, 0.29) is 11.9 Å². The molecule has 0 bridgehead atoms. The molecule has 0 aliphatic rings. The maximum absolute atomic E-state index is 11.6. The molecule has 3 heteroatoms. The van der Waals surface area contributed by atoms with Crippen LogP contribution in [-0.4, -0.2) is 11.9 Å². The van der Waals surface area contributed by atoms with Crippen LogP contribution >= 0.6 is 12.6 Å². The van der Waals surface area contributed by atoms with Crippen molar-refractivity contribution in [2.24, 2.45) is 0 Å². The molecule has 2 nitrogen and oxygen atoms in total. The van der Waals surface area contributed by atoms with Gasteiger partial charge in [0, 0.05) is 16.5 Å². The first-order valence-electron chi connectivity index (χ1n) is 4.73. The van der Waals surface area contributed by atoms with Gasteiger partial charge >= 0.3 is 0 Å². The number of rotatable bonds is 3. The molecule has 1 rings (SSSR count). The van der Waals surface area contributed by atoms with Crippen molar-refractivity contribution in [1.29, 1.82) is 0 Å². The van der Waals surface area contributed by atoms with Crippen LogP contribution in [0.25, 0.3) is 0 Å². The SMILES string of the molecule is CCC(C)NC(=O)c1cccc(S)c1. The fourth-order valence-corrected chi connectivity index (χ4v) is 1.28. The largest absolute Gasteiger partial charge is 0.350 e. The normalized spacial score (nSPS) is 12.2. The Labute approximate surface area is 90.1 Å². The summed E-state index contributed by atoms with van der Waals surface area (Å²) in [5, 5.41) is 2.90. The molecule has 0 fully saturated rings. The lowest BCUT2D eigenvalue weighted by Gasteiger charge is -2.11. The van der Waals surface area contributed by atoms with Gasteiger partial charge in [-0.15, -0.1) is 12.6 Å². The third-order valence-corrected chi connectivity index (χ3v) is 2.38. The van der Waals surface area contributed by atoms with Crippen LogP contribution in [0.1, 0.15) is 30.6 Å². The van der Waals surface area contributed by atoms with Crippen molar-refractivity contribution in [2.45, 2.75) is 31.2 Å². The summed E-state index contributed by atoms with van der Waals surface area (Å²) in [7, 11) is 0. The third kappa shape index (κ3) is 3.07. The molecule has 0 aliphatic heterocycles. The standard InChI is InChI=1S/C11H15NOS/c1-3-8(2)12-11(13)9-5-4-6-10(14)7-9/h4-8,14H,3H2,1-2H3,(H,12,13). The maximum Gasteiger partial charge on any atom is 0.251 e. The summed E-state index contributed by atoms with van der Waals surface area (Å²) in [6.07, 6.45) is 0.937. The average Bonchev–Trinajstić information content (AvgIpc) is 2.17. The van der Waals surface area contributed by atoms with Crippen LogP contribution in [0.5, 0.6) is 0 Å². The highest BCUT2D eigenvalue weighted by Gasteiger charge is 2.07. The van der Waals surface area contributed by atoms with Gasteiger partial charge in [0.2, 0.25) is 0 Å². The van der Waals surface area contributed by atoms with E-state index in [1.807, 2.05) is 26.0 Å². The smallest absolute Gasteiger partial charge is 0.251 e. The molecule has 76 valence electrons. The highest BCUT2D eigenvalue weighted by atomic mass is 32.1. The number of carbonyl (C=O) groups is 1. The summed E-state index contributed by atoms with van der Waals surface area (Å²) in [6.45, 7) is 4.03. The van der Waals surface area contributed by atoms with E-state index in [0.717, 1.165) is 11.3 Å². The average molecular weight is 209 g/mol. The molecule has 0 heterocycles. The number of benzene rings is 1. The van der Waals surface area contributed by atoms with Crippen LogP contribution in [0, 0.1) is 0 Å². The van der Waals surface area contributed by atoms with Crippen LogP contribution in [0.15, 0.2) is 29.2 Å². The second kappa shape index (κ2) is 5.05. The van der Waals surface area contributed by atoms with E-state index in [9.17, 15) is 4.79 Å². The Kier molecular flexibility index (Phi) is 4.01. The quantitative estimate of drug-likeness (QED) is 0.736. The predicted molar refractivity (Wildman–Crippen MR) is 60.9 cm³/mol. The highest BCUT2D eigenvalue weighted by molar-refractivity contribution is 7.80. The van der Waals surface area contributed by atoms with Crippen molar-refractivity contribution < 1.29 is 4.79 Å². The van der Waals surface area contributed by atoms with E-state index in [0.29, 0.717) is 5.56 Å². The van der Waals surface area contributed by atoms with Crippen molar-refractivity contribution in [3.8, 4) is 0 Å². The van der Waals surface area contributed by atoms with Crippen LogP contribution in [0.3, 0.4) is 0 Å².